The number of aromatic nitrogens is 2. The molecule has 6 nitrogen and oxygen atoms in total. The smallest absolute Gasteiger partial charge is 0.152 e. The van der Waals surface area contributed by atoms with Crippen LogP contribution in [0.1, 0.15) is 25.8 Å². The Bertz CT molecular complexity index is 618. The summed E-state index contributed by atoms with van der Waals surface area (Å²) in [5.41, 5.74) is 0.781. The molecular weight excluding hydrogens is 324 g/mol. The van der Waals surface area contributed by atoms with Crippen molar-refractivity contribution in [2.24, 2.45) is 0 Å². The quantitative estimate of drug-likeness (QED) is 0.868. The van der Waals surface area contributed by atoms with Gasteiger partial charge in [0.05, 0.1) is 23.2 Å². The molecule has 1 aromatic rings. The molecule has 1 aromatic heterocycles. The van der Waals surface area contributed by atoms with E-state index >= 15 is 0 Å². The van der Waals surface area contributed by atoms with E-state index in [1.165, 1.54) is 0 Å². The highest BCUT2D eigenvalue weighted by Crippen LogP contribution is 2.30. The normalized spacial score (nSPS) is 31.8. The predicted octanol–water partition coefficient (Wildman–Crippen LogP) is 0.632. The Morgan fingerprint density at radius 1 is 1.50 bits per heavy atom. The van der Waals surface area contributed by atoms with E-state index in [1.54, 1.807) is 0 Å². The van der Waals surface area contributed by atoms with Crippen LogP contribution >= 0.6 is 12.4 Å². The minimum absolute atomic E-state index is 0. The van der Waals surface area contributed by atoms with Gasteiger partial charge >= 0.3 is 0 Å². The highest BCUT2D eigenvalue weighted by molar-refractivity contribution is 7.91. The van der Waals surface area contributed by atoms with Crippen molar-refractivity contribution in [2.45, 2.75) is 38.4 Å². The summed E-state index contributed by atoms with van der Waals surface area (Å²) in [6.07, 6.45) is 4.55. The molecule has 0 saturated carbocycles. The Morgan fingerprint density at radius 2 is 2.27 bits per heavy atom. The van der Waals surface area contributed by atoms with Gasteiger partial charge in [0.15, 0.2) is 9.84 Å². The molecule has 0 radical (unpaired) electrons. The molecule has 2 atom stereocenters. The van der Waals surface area contributed by atoms with E-state index in [0.29, 0.717) is 12.5 Å². The van der Waals surface area contributed by atoms with E-state index in [-0.39, 0.29) is 29.5 Å². The highest BCUT2D eigenvalue weighted by Gasteiger charge is 2.40. The molecule has 126 valence electrons. The molecule has 2 saturated heterocycles. The van der Waals surface area contributed by atoms with Gasteiger partial charge < -0.3 is 5.32 Å². The standard InChI is InChI=1S/C14H24N4O2S.ClH/c1-12-8-17(5-4-15-12)9-13-7-16-18(10-13)14(2)3-6-21(19,20)11-14;/h7,10,12,15H,3-6,8-9,11H2,1-2H3;1H. The lowest BCUT2D eigenvalue weighted by molar-refractivity contribution is 0.199. The van der Waals surface area contributed by atoms with Gasteiger partial charge in [0, 0.05) is 44.0 Å². The number of rotatable bonds is 3. The molecule has 2 fully saturated rings. The number of piperazine rings is 1. The van der Waals surface area contributed by atoms with E-state index in [1.807, 2.05) is 24.0 Å². The summed E-state index contributed by atoms with van der Waals surface area (Å²) < 4.78 is 25.3. The van der Waals surface area contributed by atoms with Crippen molar-refractivity contribution in [3.63, 3.8) is 0 Å². The van der Waals surface area contributed by atoms with Gasteiger partial charge in [-0.1, -0.05) is 0 Å². The molecule has 1 N–H and O–H groups in total. The number of hydrogen-bond acceptors (Lipinski definition) is 5. The van der Waals surface area contributed by atoms with Gasteiger partial charge in [-0.2, -0.15) is 5.10 Å². The van der Waals surface area contributed by atoms with Crippen LogP contribution in [0.2, 0.25) is 0 Å². The molecule has 0 amide bonds. The third kappa shape index (κ3) is 3.82. The maximum Gasteiger partial charge on any atom is 0.152 e. The largest absolute Gasteiger partial charge is 0.312 e. The molecule has 0 bridgehead atoms. The molecule has 0 spiro atoms. The lowest BCUT2D eigenvalue weighted by Crippen LogP contribution is -2.48. The van der Waals surface area contributed by atoms with E-state index < -0.39 is 9.84 Å². The predicted molar refractivity (Wildman–Crippen MR) is 89.1 cm³/mol. The lowest BCUT2D eigenvalue weighted by Gasteiger charge is -2.31. The second-order valence-corrected chi connectivity index (χ2v) is 8.91. The van der Waals surface area contributed by atoms with Crippen LogP contribution in [0.15, 0.2) is 12.4 Å². The van der Waals surface area contributed by atoms with E-state index in [4.69, 9.17) is 0 Å². The summed E-state index contributed by atoms with van der Waals surface area (Å²) in [4.78, 5) is 2.41. The summed E-state index contributed by atoms with van der Waals surface area (Å²) in [5.74, 6) is 0.472. The SMILES string of the molecule is CC1CN(Cc2cnn(C3(C)CCS(=O)(=O)C3)c2)CCN1.Cl. The maximum atomic E-state index is 11.7. The van der Waals surface area contributed by atoms with Crippen molar-refractivity contribution in [2.75, 3.05) is 31.1 Å². The van der Waals surface area contributed by atoms with Crippen LogP contribution in [0.5, 0.6) is 0 Å². The first kappa shape index (κ1) is 17.7. The minimum Gasteiger partial charge on any atom is -0.312 e. The Balaban J connectivity index is 0.00000176. The molecule has 3 heterocycles. The van der Waals surface area contributed by atoms with Crippen molar-refractivity contribution in [3.8, 4) is 0 Å². The fourth-order valence-corrected chi connectivity index (χ4v) is 5.44. The highest BCUT2D eigenvalue weighted by atomic mass is 35.5. The monoisotopic (exact) mass is 348 g/mol. The zero-order valence-electron chi connectivity index (χ0n) is 13.2. The van der Waals surface area contributed by atoms with Crippen LogP contribution in [-0.2, 0) is 21.9 Å². The van der Waals surface area contributed by atoms with Crippen molar-refractivity contribution in [3.05, 3.63) is 18.0 Å². The molecule has 22 heavy (non-hydrogen) atoms. The Labute approximate surface area is 138 Å². The van der Waals surface area contributed by atoms with Gasteiger partial charge in [-0.3, -0.25) is 9.58 Å². The van der Waals surface area contributed by atoms with E-state index in [0.717, 1.165) is 31.7 Å². The van der Waals surface area contributed by atoms with Crippen LogP contribution in [0.4, 0.5) is 0 Å². The maximum absolute atomic E-state index is 11.7. The molecule has 0 aliphatic carbocycles. The summed E-state index contributed by atoms with van der Waals surface area (Å²) >= 11 is 0. The fourth-order valence-electron chi connectivity index (χ4n) is 3.33. The first-order valence-electron chi connectivity index (χ1n) is 7.57. The minimum atomic E-state index is -2.91. The molecule has 2 aliphatic rings. The molecule has 2 aliphatic heterocycles. The van der Waals surface area contributed by atoms with Crippen molar-refractivity contribution in [1.82, 2.24) is 20.0 Å². The average molecular weight is 349 g/mol. The fraction of sp³-hybridized carbons (Fsp3) is 0.786. The number of hydrogen-bond donors (Lipinski definition) is 1. The van der Waals surface area contributed by atoms with Gasteiger partial charge in [0.25, 0.3) is 0 Å². The Morgan fingerprint density at radius 3 is 2.91 bits per heavy atom. The van der Waals surface area contributed by atoms with Gasteiger partial charge in [-0.05, 0) is 20.3 Å². The zero-order chi connectivity index (χ0) is 15.1. The lowest BCUT2D eigenvalue weighted by atomic mass is 10.0. The van der Waals surface area contributed by atoms with E-state index in [2.05, 4.69) is 22.2 Å². The van der Waals surface area contributed by atoms with Crippen LogP contribution in [0.25, 0.3) is 0 Å². The summed E-state index contributed by atoms with van der Waals surface area (Å²) in [6.45, 7) is 8.17. The zero-order valence-corrected chi connectivity index (χ0v) is 14.8. The molecule has 0 aromatic carbocycles. The number of halogens is 1. The molecule has 8 heteroatoms. The summed E-state index contributed by atoms with van der Waals surface area (Å²) in [5, 5.41) is 7.86. The third-order valence-corrected chi connectivity index (χ3v) is 6.42. The van der Waals surface area contributed by atoms with Crippen LogP contribution in [0, 0.1) is 0 Å². The summed E-state index contributed by atoms with van der Waals surface area (Å²) in [7, 11) is -2.91. The first-order chi connectivity index (χ1) is 9.86. The van der Waals surface area contributed by atoms with Crippen LogP contribution in [-0.4, -0.2) is 60.3 Å². The van der Waals surface area contributed by atoms with Gasteiger partial charge in [-0.15, -0.1) is 12.4 Å². The third-order valence-electron chi connectivity index (χ3n) is 4.53. The molecule has 2 unspecified atom stereocenters. The van der Waals surface area contributed by atoms with Crippen molar-refractivity contribution >= 4 is 22.2 Å². The van der Waals surface area contributed by atoms with Crippen molar-refractivity contribution < 1.29 is 8.42 Å². The Hall–Kier alpha value is -0.630. The number of sulfone groups is 1. The number of nitrogens with zero attached hydrogens (tertiary/aromatic N) is 3. The van der Waals surface area contributed by atoms with Gasteiger partial charge in [0.2, 0.25) is 0 Å². The molecular formula is C14H25ClN4O2S. The van der Waals surface area contributed by atoms with Crippen LogP contribution < -0.4 is 5.32 Å². The number of nitrogens with one attached hydrogen (secondary N) is 1. The molecule has 3 rings (SSSR count). The topological polar surface area (TPSA) is 67.2 Å². The Kier molecular flexibility index (Phi) is 5.21. The average Bonchev–Trinajstić information content (AvgIpc) is 2.95. The second kappa shape index (κ2) is 6.47. The first-order valence-corrected chi connectivity index (χ1v) is 9.39. The van der Waals surface area contributed by atoms with Gasteiger partial charge in [0.1, 0.15) is 0 Å². The second-order valence-electron chi connectivity index (χ2n) is 6.72. The van der Waals surface area contributed by atoms with Gasteiger partial charge in [-0.25, -0.2) is 8.42 Å². The van der Waals surface area contributed by atoms with E-state index in [9.17, 15) is 8.42 Å². The van der Waals surface area contributed by atoms with Crippen LogP contribution in [0.3, 0.4) is 0 Å². The van der Waals surface area contributed by atoms with Crippen molar-refractivity contribution in [1.29, 1.82) is 0 Å². The summed E-state index contributed by atoms with van der Waals surface area (Å²) in [6, 6.07) is 0.520.